The number of amides is 10. The molecule has 0 aliphatic carbocycles. The van der Waals surface area contributed by atoms with Gasteiger partial charge in [-0.1, -0.05) is 86.6 Å². The van der Waals surface area contributed by atoms with Gasteiger partial charge >= 0.3 is 30.2 Å². The number of ether oxygens (including phenoxy) is 2. The summed E-state index contributed by atoms with van der Waals surface area (Å²) in [6, 6.07) is 23.1. The highest BCUT2D eigenvalue weighted by atomic mass is 16.6. The lowest BCUT2D eigenvalue weighted by atomic mass is 10.0. The van der Waals surface area contributed by atoms with Crippen molar-refractivity contribution in [3.63, 3.8) is 0 Å². The number of nitrogens with one attached hydrogen (secondary N) is 8. The number of imide groups is 1. The van der Waals surface area contributed by atoms with E-state index >= 15 is 0 Å². The number of hydrogen-bond donors (Lipinski definition) is 8. The maximum absolute atomic E-state index is 12.9. The maximum Gasteiger partial charge on any atom is 0.407 e. The van der Waals surface area contributed by atoms with E-state index in [1.807, 2.05) is 98.8 Å². The summed E-state index contributed by atoms with van der Waals surface area (Å²) in [5.41, 5.74) is 2.18. The number of rotatable bonds is 20. The Morgan fingerprint density at radius 1 is 0.667 bits per heavy atom. The van der Waals surface area contributed by atoms with Crippen molar-refractivity contribution in [3.05, 3.63) is 102 Å². The van der Waals surface area contributed by atoms with E-state index in [-0.39, 0.29) is 51.1 Å². The summed E-state index contributed by atoms with van der Waals surface area (Å²) < 4.78 is 11.3. The van der Waals surface area contributed by atoms with Gasteiger partial charge in [0.15, 0.2) is 0 Å². The average molecular weight is 830 g/mol. The van der Waals surface area contributed by atoms with E-state index in [4.69, 9.17) is 9.47 Å². The highest BCUT2D eigenvalue weighted by Gasteiger charge is 2.40. The summed E-state index contributed by atoms with van der Waals surface area (Å²) in [7, 11) is 0. The van der Waals surface area contributed by atoms with Crippen molar-refractivity contribution in [1.29, 1.82) is 0 Å². The number of carbonyl (C=O) groups is 6. The fourth-order valence-electron chi connectivity index (χ4n) is 6.12. The van der Waals surface area contributed by atoms with Crippen molar-refractivity contribution in [2.45, 2.75) is 77.8 Å². The zero-order chi connectivity index (χ0) is 43.5. The van der Waals surface area contributed by atoms with E-state index < -0.39 is 53.9 Å². The minimum Gasteiger partial charge on any atom is -0.489 e. The van der Waals surface area contributed by atoms with Gasteiger partial charge in [-0.15, -0.1) is 0 Å². The molecule has 17 heteroatoms. The van der Waals surface area contributed by atoms with Gasteiger partial charge in [-0.2, -0.15) is 0 Å². The Kier molecular flexibility index (Phi) is 17.8. The number of hydrogen-bond acceptors (Lipinski definition) is 8. The van der Waals surface area contributed by atoms with Gasteiger partial charge in [-0.05, 0) is 68.4 Å². The van der Waals surface area contributed by atoms with Crippen LogP contribution in [0.25, 0.3) is 0 Å². The lowest BCUT2D eigenvalue weighted by Crippen LogP contribution is -2.51. The molecule has 0 radical (unpaired) electrons. The Labute approximate surface area is 351 Å². The van der Waals surface area contributed by atoms with Crippen molar-refractivity contribution in [1.82, 2.24) is 47.4 Å². The zero-order valence-corrected chi connectivity index (χ0v) is 35.0. The number of benzene rings is 3. The van der Waals surface area contributed by atoms with E-state index in [9.17, 15) is 28.8 Å². The normalized spacial score (nSPS) is 14.6. The predicted molar refractivity (Wildman–Crippen MR) is 226 cm³/mol. The molecule has 3 aromatic carbocycles. The summed E-state index contributed by atoms with van der Waals surface area (Å²) in [5.74, 6) is 0.291. The molecule has 1 fully saturated rings. The van der Waals surface area contributed by atoms with Crippen LogP contribution in [0.1, 0.15) is 51.3 Å². The van der Waals surface area contributed by atoms with E-state index in [1.54, 1.807) is 20.8 Å². The molecule has 60 heavy (non-hydrogen) atoms. The van der Waals surface area contributed by atoms with Crippen LogP contribution in [0, 0.1) is 5.92 Å². The van der Waals surface area contributed by atoms with Crippen LogP contribution in [0.4, 0.5) is 24.0 Å². The first-order valence-corrected chi connectivity index (χ1v) is 20.1. The SMILES string of the molecule is CC(C)[C@@H]1NC(=O)N(C[C@H](Cc2ccccc2)NC(=O)NCCNC(=O)NCCNC(=O)NC[C@H](Cc2ccc(OCc3ccccc3)cc2)NC(=O)OC(C)(C)C)C1=O. The number of alkyl carbamates (subject to hydrolysis) is 1. The molecule has 17 nitrogen and oxygen atoms in total. The quantitative estimate of drug-likeness (QED) is 0.0618. The fraction of sp³-hybridized carbons (Fsp3) is 0.442. The third-order valence-electron chi connectivity index (χ3n) is 9.06. The number of urea groups is 4. The molecule has 4 rings (SSSR count). The summed E-state index contributed by atoms with van der Waals surface area (Å²) in [4.78, 5) is 77.0. The molecule has 8 N–H and O–H groups in total. The van der Waals surface area contributed by atoms with Crippen LogP contribution in [0.5, 0.6) is 5.75 Å². The maximum atomic E-state index is 12.9. The largest absolute Gasteiger partial charge is 0.489 e. The standard InChI is InChI=1S/C43H59N9O8/c1-29(2)36-37(53)52(41(57)51-36)27-34(25-30-12-8-6-9-13-30)49-40(56)47-23-22-45-38(54)44-20-21-46-39(55)48-26-33(50-42(58)60-43(3,4)5)24-31-16-18-35(19-17-31)59-28-32-14-10-7-11-15-32/h6-19,29,33-34,36H,20-28H2,1-5H3,(H,50,58)(H,51,57)(H2,44,45,54)(H2,46,48,55)(H2,47,49,56)/t33-,34-,36-/m0/s1. The Balaban J connectivity index is 1.14. The molecule has 10 amide bonds. The molecule has 1 heterocycles. The first-order chi connectivity index (χ1) is 28.6. The molecule has 0 spiro atoms. The number of nitrogens with zero attached hydrogens (tertiary/aromatic N) is 1. The first-order valence-electron chi connectivity index (χ1n) is 20.1. The molecule has 1 saturated heterocycles. The molecule has 0 saturated carbocycles. The molecular formula is C43H59N9O8. The smallest absolute Gasteiger partial charge is 0.407 e. The van der Waals surface area contributed by atoms with E-state index in [0.29, 0.717) is 25.2 Å². The van der Waals surface area contributed by atoms with Crippen molar-refractivity contribution >= 4 is 36.1 Å². The minimum atomic E-state index is -0.704. The highest BCUT2D eigenvalue weighted by molar-refractivity contribution is 6.04. The fourth-order valence-corrected chi connectivity index (χ4v) is 6.12. The minimum absolute atomic E-state index is 0.00669. The van der Waals surface area contributed by atoms with Gasteiger partial charge in [0.05, 0.1) is 18.6 Å². The molecule has 1 aliphatic rings. The molecule has 3 atom stereocenters. The summed E-state index contributed by atoms with van der Waals surface area (Å²) in [5, 5.41) is 21.8. The Morgan fingerprint density at radius 2 is 1.18 bits per heavy atom. The van der Waals surface area contributed by atoms with Crippen molar-refractivity contribution in [2.24, 2.45) is 5.92 Å². The van der Waals surface area contributed by atoms with Gasteiger partial charge in [0, 0.05) is 32.7 Å². The second-order valence-electron chi connectivity index (χ2n) is 15.7. The van der Waals surface area contributed by atoms with Gasteiger partial charge in [0.1, 0.15) is 24.0 Å². The Hall–Kier alpha value is -6.52. The molecule has 0 aromatic heterocycles. The lowest BCUT2D eigenvalue weighted by Gasteiger charge is -2.24. The number of carbonyl (C=O) groups excluding carboxylic acids is 6. The Morgan fingerprint density at radius 3 is 1.73 bits per heavy atom. The van der Waals surface area contributed by atoms with Crippen LogP contribution < -0.4 is 47.3 Å². The summed E-state index contributed by atoms with van der Waals surface area (Å²) in [6.07, 6.45) is 0.179. The molecule has 0 bridgehead atoms. The van der Waals surface area contributed by atoms with Crippen LogP contribution in [0.15, 0.2) is 84.9 Å². The van der Waals surface area contributed by atoms with Gasteiger partial charge in [0.2, 0.25) is 0 Å². The first kappa shape index (κ1) is 46.2. The third-order valence-corrected chi connectivity index (χ3v) is 9.06. The van der Waals surface area contributed by atoms with Crippen LogP contribution in [-0.2, 0) is 29.0 Å². The molecule has 324 valence electrons. The van der Waals surface area contributed by atoms with Gasteiger partial charge in [-0.25, -0.2) is 24.0 Å². The monoisotopic (exact) mass is 829 g/mol. The lowest BCUT2D eigenvalue weighted by molar-refractivity contribution is -0.128. The average Bonchev–Trinajstić information content (AvgIpc) is 3.48. The third kappa shape index (κ3) is 16.8. The van der Waals surface area contributed by atoms with Crippen molar-refractivity contribution in [3.8, 4) is 5.75 Å². The summed E-state index contributed by atoms with van der Waals surface area (Å²) in [6.45, 7) is 9.97. The van der Waals surface area contributed by atoms with Gasteiger partial charge in [0.25, 0.3) is 5.91 Å². The second-order valence-corrected chi connectivity index (χ2v) is 15.7. The highest BCUT2D eigenvalue weighted by Crippen LogP contribution is 2.17. The van der Waals surface area contributed by atoms with E-state index in [2.05, 4.69) is 42.5 Å². The molecule has 0 unspecified atom stereocenters. The summed E-state index contributed by atoms with van der Waals surface area (Å²) >= 11 is 0. The topological polar surface area (TPSA) is 220 Å². The van der Waals surface area contributed by atoms with Crippen LogP contribution in [0.3, 0.4) is 0 Å². The van der Waals surface area contributed by atoms with Crippen LogP contribution in [0.2, 0.25) is 0 Å². The Bertz CT molecular complexity index is 1860. The molecule has 3 aromatic rings. The van der Waals surface area contributed by atoms with Crippen LogP contribution >= 0.6 is 0 Å². The second kappa shape index (κ2) is 23.2. The van der Waals surface area contributed by atoms with Crippen LogP contribution in [-0.4, -0.2) is 104 Å². The zero-order valence-electron chi connectivity index (χ0n) is 35.0. The molecule has 1 aliphatic heterocycles. The van der Waals surface area contributed by atoms with Crippen molar-refractivity contribution < 1.29 is 38.2 Å². The van der Waals surface area contributed by atoms with E-state index in [1.165, 1.54) is 0 Å². The van der Waals surface area contributed by atoms with E-state index in [0.717, 1.165) is 21.6 Å². The van der Waals surface area contributed by atoms with Crippen molar-refractivity contribution in [2.75, 3.05) is 39.3 Å². The molecular weight excluding hydrogens is 771 g/mol. The van der Waals surface area contributed by atoms with Gasteiger partial charge in [-0.3, -0.25) is 9.69 Å². The predicted octanol–water partition coefficient (Wildman–Crippen LogP) is 3.79. The van der Waals surface area contributed by atoms with Gasteiger partial charge < -0.3 is 52.0 Å².